The monoisotopic (exact) mass is 724 g/mol. The number of alkyl carbamates (subject to hydrolysis) is 1. The summed E-state index contributed by atoms with van der Waals surface area (Å²) in [7, 11) is 0. The molecule has 1 unspecified atom stereocenters. The fourth-order valence-corrected chi connectivity index (χ4v) is 5.70. The zero-order valence-corrected chi connectivity index (χ0v) is 29.9. The van der Waals surface area contributed by atoms with Crippen molar-refractivity contribution < 1.29 is 46.2 Å². The number of unbranched alkanes of at least 4 members (excludes halogenated alkanes) is 5. The normalized spacial score (nSPS) is 12.4. The van der Waals surface area contributed by atoms with Crippen LogP contribution >= 0.6 is 11.3 Å². The molecular formula is C35H44F4N4O6S. The number of nitrogens with zero attached hydrogens (tertiary/aromatic N) is 3. The van der Waals surface area contributed by atoms with Crippen molar-refractivity contribution in [3.05, 3.63) is 59.0 Å². The lowest BCUT2D eigenvalue weighted by Gasteiger charge is -2.25. The first-order valence-corrected chi connectivity index (χ1v) is 17.2. The molecule has 15 heteroatoms. The van der Waals surface area contributed by atoms with Gasteiger partial charge < -0.3 is 19.5 Å². The smallest absolute Gasteiger partial charge is 0.423 e. The summed E-state index contributed by atoms with van der Waals surface area (Å²) in [5.74, 6) is -1.41. The lowest BCUT2D eigenvalue weighted by atomic mass is 9.99. The summed E-state index contributed by atoms with van der Waals surface area (Å²) in [6.45, 7) is 9.33. The number of rotatable bonds is 15. The highest BCUT2D eigenvalue weighted by atomic mass is 32.1. The van der Waals surface area contributed by atoms with Gasteiger partial charge >= 0.3 is 24.3 Å². The van der Waals surface area contributed by atoms with Crippen LogP contribution in [-0.2, 0) is 31.6 Å². The maximum absolute atomic E-state index is 15.2. The van der Waals surface area contributed by atoms with Crippen LogP contribution in [0.3, 0.4) is 0 Å². The average Bonchev–Trinajstić information content (AvgIpc) is 3.41. The number of thiazole rings is 1. The molecule has 2 aromatic heterocycles. The number of hydrogen-bond donors (Lipinski definition) is 1. The summed E-state index contributed by atoms with van der Waals surface area (Å²) in [6.07, 6.45) is 1.44. The predicted molar refractivity (Wildman–Crippen MR) is 181 cm³/mol. The zero-order chi connectivity index (χ0) is 37.1. The van der Waals surface area contributed by atoms with Gasteiger partial charge in [-0.1, -0.05) is 70.3 Å². The predicted octanol–water partition coefficient (Wildman–Crippen LogP) is 9.59. The van der Waals surface area contributed by atoms with Gasteiger partial charge in [0, 0.05) is 18.0 Å². The molecule has 1 atom stereocenters. The van der Waals surface area contributed by atoms with E-state index < -0.39 is 59.4 Å². The van der Waals surface area contributed by atoms with Crippen LogP contribution in [0.2, 0.25) is 0 Å². The number of halogens is 4. The van der Waals surface area contributed by atoms with Gasteiger partial charge in [0.1, 0.15) is 17.3 Å². The topological polar surface area (TPSA) is 120 Å². The second-order valence-electron chi connectivity index (χ2n) is 12.9. The number of esters is 1. The van der Waals surface area contributed by atoms with Gasteiger partial charge in [-0.2, -0.15) is 17.6 Å². The first-order valence-electron chi connectivity index (χ1n) is 16.4. The fourth-order valence-electron chi connectivity index (χ4n) is 4.87. The molecule has 0 spiro atoms. The average molecular weight is 725 g/mol. The Kier molecular flexibility index (Phi) is 14.5. The van der Waals surface area contributed by atoms with Crippen molar-refractivity contribution in [3.8, 4) is 11.3 Å². The Hall–Kier alpha value is -4.27. The van der Waals surface area contributed by atoms with E-state index in [1.807, 2.05) is 0 Å². The number of alkyl halides is 3. The van der Waals surface area contributed by atoms with Crippen molar-refractivity contribution >= 4 is 40.3 Å². The first-order chi connectivity index (χ1) is 23.5. The number of ether oxygens (including phenoxy) is 3. The molecule has 274 valence electrons. The number of carbonyl (C=O) groups is 3. The molecule has 1 aromatic carbocycles. The SMILES string of the molecule is CCCCCCCCc1ccc(N(C(=O)OCOC(=O)C(NC(=O)OC(C)(C)C)C(C)C)c2nc(-c3cccnc3)c(F)s2)cc1C(F)(F)F. The van der Waals surface area contributed by atoms with Gasteiger partial charge in [0.15, 0.2) is 0 Å². The summed E-state index contributed by atoms with van der Waals surface area (Å²) >= 11 is 0.410. The highest BCUT2D eigenvalue weighted by Crippen LogP contribution is 2.40. The Labute approximate surface area is 293 Å². The molecule has 3 aromatic rings. The lowest BCUT2D eigenvalue weighted by Crippen LogP contribution is -2.47. The van der Waals surface area contributed by atoms with Crippen LogP contribution in [0.25, 0.3) is 11.3 Å². The number of aryl methyl sites for hydroxylation is 1. The first kappa shape index (κ1) is 40.2. The van der Waals surface area contributed by atoms with Crippen LogP contribution in [-0.4, -0.2) is 46.6 Å². The van der Waals surface area contributed by atoms with Gasteiger partial charge in [-0.3, -0.25) is 4.98 Å². The van der Waals surface area contributed by atoms with Crippen molar-refractivity contribution in [2.75, 3.05) is 11.7 Å². The Balaban J connectivity index is 1.89. The molecule has 3 rings (SSSR count). The summed E-state index contributed by atoms with van der Waals surface area (Å²) in [6, 6.07) is 5.29. The van der Waals surface area contributed by atoms with E-state index in [1.54, 1.807) is 40.7 Å². The van der Waals surface area contributed by atoms with Gasteiger partial charge in [0.05, 0.1) is 11.3 Å². The second-order valence-corrected chi connectivity index (χ2v) is 13.8. The van der Waals surface area contributed by atoms with Crippen LogP contribution in [0.1, 0.15) is 91.2 Å². The number of hydrogen-bond acceptors (Lipinski definition) is 9. The van der Waals surface area contributed by atoms with E-state index in [1.165, 1.54) is 30.6 Å². The number of anilines is 2. The number of amides is 2. The maximum Gasteiger partial charge on any atom is 0.423 e. The quantitative estimate of drug-likeness (QED) is 0.0712. The molecule has 2 amide bonds. The number of benzene rings is 1. The molecule has 10 nitrogen and oxygen atoms in total. The third-order valence-corrected chi connectivity index (χ3v) is 8.15. The van der Waals surface area contributed by atoms with Crippen molar-refractivity contribution in [3.63, 3.8) is 0 Å². The summed E-state index contributed by atoms with van der Waals surface area (Å²) in [5.41, 5.74) is -1.93. The zero-order valence-electron chi connectivity index (χ0n) is 29.1. The molecule has 0 fully saturated rings. The van der Waals surface area contributed by atoms with Gasteiger partial charge in [-0.05, 0) is 69.4 Å². The van der Waals surface area contributed by atoms with E-state index in [-0.39, 0.29) is 34.1 Å². The van der Waals surface area contributed by atoms with Crippen LogP contribution < -0.4 is 10.2 Å². The lowest BCUT2D eigenvalue weighted by molar-refractivity contribution is -0.155. The number of nitrogens with one attached hydrogen (secondary N) is 1. The van der Waals surface area contributed by atoms with Crippen molar-refractivity contribution in [1.82, 2.24) is 15.3 Å². The van der Waals surface area contributed by atoms with Gasteiger partial charge in [-0.25, -0.2) is 24.3 Å². The van der Waals surface area contributed by atoms with E-state index in [9.17, 15) is 27.6 Å². The molecule has 0 bridgehead atoms. The molecule has 0 aliphatic heterocycles. The fraction of sp³-hybridized carbons (Fsp3) is 0.514. The summed E-state index contributed by atoms with van der Waals surface area (Å²) < 4.78 is 73.8. The van der Waals surface area contributed by atoms with Gasteiger partial charge in [-0.15, -0.1) is 0 Å². The van der Waals surface area contributed by atoms with Crippen LogP contribution in [0.15, 0.2) is 42.7 Å². The summed E-state index contributed by atoms with van der Waals surface area (Å²) in [5, 5.41) is 1.26. The van der Waals surface area contributed by atoms with E-state index in [0.29, 0.717) is 22.7 Å². The second kappa shape index (κ2) is 18.1. The van der Waals surface area contributed by atoms with E-state index in [2.05, 4.69) is 22.2 Å². The number of pyridine rings is 1. The maximum atomic E-state index is 15.2. The largest absolute Gasteiger partial charge is 0.444 e. The molecule has 0 saturated carbocycles. The number of aromatic nitrogens is 2. The molecular weight excluding hydrogens is 680 g/mol. The van der Waals surface area contributed by atoms with Crippen LogP contribution in [0, 0.1) is 11.0 Å². The highest BCUT2D eigenvalue weighted by Gasteiger charge is 2.36. The Morgan fingerprint density at radius 1 is 1.00 bits per heavy atom. The Morgan fingerprint density at radius 2 is 1.70 bits per heavy atom. The molecule has 50 heavy (non-hydrogen) atoms. The van der Waals surface area contributed by atoms with Gasteiger partial charge in [0.25, 0.3) is 0 Å². The number of carbonyl (C=O) groups excluding carboxylic acids is 3. The minimum absolute atomic E-state index is 0.0533. The van der Waals surface area contributed by atoms with Crippen molar-refractivity contribution in [1.29, 1.82) is 0 Å². The molecule has 0 radical (unpaired) electrons. The van der Waals surface area contributed by atoms with Crippen molar-refractivity contribution in [2.24, 2.45) is 5.92 Å². The molecule has 1 N–H and O–H groups in total. The minimum Gasteiger partial charge on any atom is -0.444 e. The van der Waals surface area contributed by atoms with E-state index in [4.69, 9.17) is 14.2 Å². The third-order valence-electron chi connectivity index (χ3n) is 7.32. The van der Waals surface area contributed by atoms with Crippen LogP contribution in [0.5, 0.6) is 0 Å². The molecule has 0 saturated heterocycles. The van der Waals surface area contributed by atoms with Crippen molar-refractivity contribution in [2.45, 2.75) is 104 Å². The standard InChI is InChI=1S/C35H44F4N4O6S/c1-7-8-9-10-11-12-14-23-16-17-25(19-26(23)35(37,38)39)43(31-41-28(29(36)50-31)24-15-13-18-40-20-24)33(46)48-21-47-30(44)27(22(2)3)42-32(45)49-34(4,5)6/h13,15-20,22,27H,7-12,14,21H2,1-6H3,(H,42,45). The minimum atomic E-state index is -4.76. The van der Waals surface area contributed by atoms with Gasteiger partial charge in [0.2, 0.25) is 17.1 Å². The van der Waals surface area contributed by atoms with E-state index >= 15 is 4.39 Å². The Bertz CT molecular complexity index is 1580. The summed E-state index contributed by atoms with van der Waals surface area (Å²) in [4.78, 5) is 47.5. The highest BCUT2D eigenvalue weighted by molar-refractivity contribution is 7.14. The molecule has 0 aliphatic carbocycles. The molecule has 0 aliphatic rings. The third kappa shape index (κ3) is 12.0. The van der Waals surface area contributed by atoms with E-state index in [0.717, 1.165) is 38.2 Å². The van der Waals surface area contributed by atoms with Crippen LogP contribution in [0.4, 0.5) is 38.0 Å². The Morgan fingerprint density at radius 3 is 2.32 bits per heavy atom. The molecule has 2 heterocycles.